The first-order valence-corrected chi connectivity index (χ1v) is 12.2. The minimum atomic E-state index is -3.09. The predicted molar refractivity (Wildman–Crippen MR) is 129 cm³/mol. The number of thioether (sulfide) groups is 1. The Hall–Kier alpha value is -1.41. The van der Waals surface area contributed by atoms with Crippen molar-refractivity contribution in [2.75, 3.05) is 12.9 Å². The number of hydrogen-bond donors (Lipinski definition) is 0. The van der Waals surface area contributed by atoms with E-state index in [1.165, 1.54) is 0 Å². The Morgan fingerprint density at radius 1 is 0.939 bits per heavy atom. The first-order valence-electron chi connectivity index (χ1n) is 17.9. The van der Waals surface area contributed by atoms with Gasteiger partial charge in [-0.15, -0.1) is 11.8 Å². The van der Waals surface area contributed by atoms with E-state index >= 15 is 0 Å². The van der Waals surface area contributed by atoms with Gasteiger partial charge >= 0.3 is 0 Å². The summed E-state index contributed by atoms with van der Waals surface area (Å²) in [7, 11) is 0. The monoisotopic (exact) mass is 484 g/mol. The molecule has 3 fully saturated rings. The van der Waals surface area contributed by atoms with E-state index in [1.807, 2.05) is 0 Å². The minimum Gasteiger partial charge on any atom is -0.368 e. The number of hydrogen-bond acceptors (Lipinski definition) is 6. The molecule has 3 aliphatic rings. The first kappa shape index (κ1) is 12.0. The van der Waals surface area contributed by atoms with Crippen LogP contribution in [0.5, 0.6) is 0 Å². The molecule has 2 aliphatic heterocycles. The van der Waals surface area contributed by atoms with E-state index in [0.29, 0.717) is 12.8 Å². The summed E-state index contributed by atoms with van der Waals surface area (Å²) in [4.78, 5) is 0. The normalized spacial score (nSPS) is 38.2. The van der Waals surface area contributed by atoms with Gasteiger partial charge in [-0.1, -0.05) is 66.8 Å². The molecule has 5 rings (SSSR count). The smallest absolute Gasteiger partial charge is 0.169 e. The molecule has 6 heteroatoms. The van der Waals surface area contributed by atoms with Gasteiger partial charge in [-0.2, -0.15) is 0 Å². The number of fused-ring (bicyclic) bond motifs is 1. The minimum absolute atomic E-state index is 0.00195. The molecule has 2 heterocycles. The molecule has 5 nitrogen and oxygen atoms in total. The van der Waals surface area contributed by atoms with Crippen molar-refractivity contribution in [3.63, 3.8) is 0 Å². The van der Waals surface area contributed by atoms with E-state index in [4.69, 9.17) is 42.9 Å². The van der Waals surface area contributed by atoms with Crippen molar-refractivity contribution < 1.29 is 42.9 Å². The Kier molecular flexibility index (Phi) is 3.97. The van der Waals surface area contributed by atoms with Gasteiger partial charge in [0.05, 0.1) is 38.9 Å². The van der Waals surface area contributed by atoms with E-state index in [0.717, 1.165) is 31.0 Å². The third-order valence-corrected chi connectivity index (χ3v) is 6.74. The van der Waals surface area contributed by atoms with Gasteiger partial charge in [0, 0.05) is 12.8 Å². The Balaban J connectivity index is 1.63. The van der Waals surface area contributed by atoms with Crippen LogP contribution in [0.15, 0.2) is 60.4 Å². The molecule has 0 unspecified atom stereocenters. The molecular weight excluding hydrogens is 436 g/mol. The fraction of sp³-hybridized carbons (Fsp3) is 0.556. The fourth-order valence-corrected chi connectivity index (χ4v) is 5.06. The van der Waals surface area contributed by atoms with Gasteiger partial charge in [0.2, 0.25) is 0 Å². The standard InChI is InChI=1S/C27H34O5S/c1-33-26-25(29-18-21-13-7-3-8-14-21)24(28-17-20-11-5-2-6-12-20)23-22(31-26)19-30-27(32-23)15-9-4-10-16-27/h2-3,5-8,11-14,22-26H,4,9-10,15-19H2,1H3/t22-,23-,24+,25-,26+/m1/s1/i2D,3D,5D,6D,7D,8D,11D,12D,13D,14D,17D2,18D2. The molecule has 5 atom stereocenters. The topological polar surface area (TPSA) is 46.2 Å². The molecule has 1 spiro atoms. The van der Waals surface area contributed by atoms with Gasteiger partial charge in [-0.05, 0) is 30.2 Å². The second-order valence-corrected chi connectivity index (χ2v) is 8.95. The van der Waals surface area contributed by atoms with E-state index in [9.17, 15) is 0 Å². The molecule has 0 radical (unpaired) electrons. The maximum atomic E-state index is 8.91. The lowest BCUT2D eigenvalue weighted by Gasteiger charge is -2.53. The van der Waals surface area contributed by atoms with Crippen LogP contribution in [-0.2, 0) is 36.8 Å². The van der Waals surface area contributed by atoms with Gasteiger partial charge < -0.3 is 23.7 Å². The second kappa shape index (κ2) is 10.9. The first-order chi connectivity index (χ1) is 21.9. The molecule has 2 aromatic rings. The van der Waals surface area contributed by atoms with E-state index in [-0.39, 0.29) is 6.61 Å². The molecule has 0 N–H and O–H groups in total. The molecule has 2 saturated heterocycles. The summed E-state index contributed by atoms with van der Waals surface area (Å²) in [5, 5.41) is 0. The summed E-state index contributed by atoms with van der Waals surface area (Å²) in [5.74, 6) is -1.09. The van der Waals surface area contributed by atoms with E-state index < -0.39 is 120 Å². The Labute approximate surface area is 220 Å². The summed E-state index contributed by atoms with van der Waals surface area (Å²) in [6.07, 6.45) is -0.126. The van der Waals surface area contributed by atoms with Crippen LogP contribution in [0, 0.1) is 0 Å². The highest BCUT2D eigenvalue weighted by atomic mass is 32.2. The van der Waals surface area contributed by atoms with Crippen molar-refractivity contribution in [3.05, 3.63) is 71.6 Å². The highest BCUT2D eigenvalue weighted by Gasteiger charge is 2.54. The Morgan fingerprint density at radius 2 is 1.55 bits per heavy atom. The van der Waals surface area contributed by atoms with Crippen LogP contribution in [0.25, 0.3) is 0 Å². The number of benzene rings is 2. The quantitative estimate of drug-likeness (QED) is 0.530. The molecule has 178 valence electrons. The van der Waals surface area contributed by atoms with Crippen molar-refractivity contribution in [2.24, 2.45) is 0 Å². The van der Waals surface area contributed by atoms with Gasteiger partial charge in [0.15, 0.2) is 5.79 Å². The maximum absolute atomic E-state index is 8.91. The predicted octanol–water partition coefficient (Wildman–Crippen LogP) is 5.32. The van der Waals surface area contributed by atoms with Crippen LogP contribution in [0.4, 0.5) is 0 Å². The van der Waals surface area contributed by atoms with Gasteiger partial charge in [-0.25, -0.2) is 0 Å². The van der Waals surface area contributed by atoms with Gasteiger partial charge in [-0.3, -0.25) is 0 Å². The average Bonchev–Trinajstić information content (AvgIpc) is 3.02. The van der Waals surface area contributed by atoms with Gasteiger partial charge in [0.25, 0.3) is 0 Å². The molecule has 2 aromatic carbocycles. The van der Waals surface area contributed by atoms with Crippen LogP contribution in [0.1, 0.15) is 62.4 Å². The SMILES string of the molecule is [2H]c1c([2H])c([2H])c(C([2H])([2H])O[C@@H]2[C@@H](OC([2H])([2H])c3c([2H])c([2H])c([2H])c([2H])c3[2H])[C@H](SC)O[C@@H]3COC4(CCCCC4)O[C@@H]23)c([2H])c1[2H]. The average molecular weight is 485 g/mol. The van der Waals surface area contributed by atoms with Crippen molar-refractivity contribution in [3.8, 4) is 0 Å². The van der Waals surface area contributed by atoms with Crippen molar-refractivity contribution >= 4 is 11.8 Å². The Morgan fingerprint density at radius 3 is 2.15 bits per heavy atom. The molecular formula is C27H34O5S. The third-order valence-electron chi connectivity index (χ3n) is 5.89. The summed E-state index contributed by atoms with van der Waals surface area (Å²) in [6, 6.07) is -7.95. The second-order valence-electron chi connectivity index (χ2n) is 8.01. The largest absolute Gasteiger partial charge is 0.368 e. The number of rotatable bonds is 7. The van der Waals surface area contributed by atoms with Crippen LogP contribution >= 0.6 is 11.8 Å². The molecule has 0 amide bonds. The van der Waals surface area contributed by atoms with Crippen LogP contribution in [0.3, 0.4) is 0 Å². The molecule has 1 saturated carbocycles. The lowest BCUT2D eigenvalue weighted by Crippen LogP contribution is -2.66. The zero-order valence-electron chi connectivity index (χ0n) is 32.1. The van der Waals surface area contributed by atoms with Crippen molar-refractivity contribution in [1.82, 2.24) is 0 Å². The lowest BCUT2D eigenvalue weighted by molar-refractivity contribution is -0.375. The van der Waals surface area contributed by atoms with Crippen LogP contribution in [0.2, 0.25) is 0 Å². The highest BCUT2D eigenvalue weighted by molar-refractivity contribution is 7.99. The summed E-state index contributed by atoms with van der Waals surface area (Å²) in [5.41, 5.74) is -2.70. The lowest BCUT2D eigenvalue weighted by atomic mass is 9.90. The van der Waals surface area contributed by atoms with Crippen LogP contribution < -0.4 is 0 Å². The van der Waals surface area contributed by atoms with E-state index in [1.54, 1.807) is 6.26 Å². The molecule has 0 aromatic heterocycles. The maximum Gasteiger partial charge on any atom is 0.169 e. The van der Waals surface area contributed by atoms with Gasteiger partial charge in [0.1, 0.15) is 29.9 Å². The summed E-state index contributed by atoms with van der Waals surface area (Å²) < 4.78 is 148. The third kappa shape index (κ3) is 5.47. The molecule has 0 bridgehead atoms. The van der Waals surface area contributed by atoms with Crippen molar-refractivity contribution in [2.45, 2.75) is 80.9 Å². The molecule has 1 aliphatic carbocycles. The van der Waals surface area contributed by atoms with E-state index in [2.05, 4.69) is 0 Å². The summed E-state index contributed by atoms with van der Waals surface area (Å²) in [6.45, 7) is -6.17. The summed E-state index contributed by atoms with van der Waals surface area (Å²) >= 11 is 1.04. The Bertz CT molecular complexity index is 1480. The van der Waals surface area contributed by atoms with Crippen LogP contribution in [-0.4, -0.2) is 48.5 Å². The molecule has 33 heavy (non-hydrogen) atoms. The fourth-order valence-electron chi connectivity index (χ4n) is 4.33. The highest BCUT2D eigenvalue weighted by Crippen LogP contribution is 2.43. The number of ether oxygens (including phenoxy) is 5. The zero-order valence-corrected chi connectivity index (χ0v) is 18.9. The zero-order chi connectivity index (χ0) is 34.8. The van der Waals surface area contributed by atoms with Crippen molar-refractivity contribution in [1.29, 1.82) is 0 Å².